The number of amides is 1. The molecule has 0 spiro atoms. The van der Waals surface area contributed by atoms with Crippen LogP contribution in [0.1, 0.15) is 26.2 Å². The lowest BCUT2D eigenvalue weighted by Crippen LogP contribution is -2.49. The molecule has 1 amide bonds. The van der Waals surface area contributed by atoms with Crippen molar-refractivity contribution in [1.82, 2.24) is 9.80 Å². The minimum atomic E-state index is -0.716. The van der Waals surface area contributed by atoms with Crippen LogP contribution in [0.2, 0.25) is 0 Å². The van der Waals surface area contributed by atoms with Gasteiger partial charge in [0.1, 0.15) is 5.41 Å². The summed E-state index contributed by atoms with van der Waals surface area (Å²) >= 11 is 0. The van der Waals surface area contributed by atoms with Crippen LogP contribution in [0.15, 0.2) is 5.16 Å². The van der Waals surface area contributed by atoms with Crippen LogP contribution in [0.4, 0.5) is 0 Å². The fourth-order valence-corrected chi connectivity index (χ4v) is 2.75. The molecule has 0 aromatic heterocycles. The van der Waals surface area contributed by atoms with Gasteiger partial charge in [0.05, 0.1) is 0 Å². The second-order valence-corrected chi connectivity index (χ2v) is 5.53. The molecule has 2 rings (SSSR count). The third-order valence-electron chi connectivity index (χ3n) is 4.07. The molecular formula is C12H22N4O2. The largest absolute Gasteiger partial charge is 0.409 e. The van der Waals surface area contributed by atoms with E-state index in [2.05, 4.69) is 24.0 Å². The Labute approximate surface area is 107 Å². The van der Waals surface area contributed by atoms with E-state index in [4.69, 9.17) is 10.9 Å². The normalized spacial score (nSPS) is 28.9. The van der Waals surface area contributed by atoms with Crippen molar-refractivity contribution < 1.29 is 10.0 Å². The van der Waals surface area contributed by atoms with Gasteiger partial charge in [-0.25, -0.2) is 0 Å². The van der Waals surface area contributed by atoms with Crippen LogP contribution in [0.3, 0.4) is 0 Å². The monoisotopic (exact) mass is 254 g/mol. The van der Waals surface area contributed by atoms with E-state index >= 15 is 0 Å². The number of rotatable bonds is 2. The van der Waals surface area contributed by atoms with Gasteiger partial charge in [-0.3, -0.25) is 4.79 Å². The highest BCUT2D eigenvalue weighted by Gasteiger charge is 2.56. The van der Waals surface area contributed by atoms with Crippen molar-refractivity contribution in [2.24, 2.45) is 16.3 Å². The molecule has 2 aliphatic rings. The summed E-state index contributed by atoms with van der Waals surface area (Å²) in [7, 11) is 2.07. The van der Waals surface area contributed by atoms with Gasteiger partial charge in [0, 0.05) is 19.1 Å². The van der Waals surface area contributed by atoms with Gasteiger partial charge in [0.2, 0.25) is 5.91 Å². The van der Waals surface area contributed by atoms with E-state index in [1.165, 1.54) is 0 Å². The van der Waals surface area contributed by atoms with E-state index in [1.807, 2.05) is 4.90 Å². The maximum absolute atomic E-state index is 12.6. The number of likely N-dealkylation sites (N-methyl/N-ethyl adjacent to an activating group) is 1. The smallest absolute Gasteiger partial charge is 0.236 e. The lowest BCUT2D eigenvalue weighted by atomic mass is 10.0. The minimum absolute atomic E-state index is 0.0283. The molecule has 6 heteroatoms. The molecule has 1 aliphatic carbocycles. The average molecular weight is 254 g/mol. The van der Waals surface area contributed by atoms with Crippen molar-refractivity contribution in [3.05, 3.63) is 0 Å². The molecule has 0 aromatic rings. The Bertz CT molecular complexity index is 365. The lowest BCUT2D eigenvalue weighted by molar-refractivity contribution is -0.136. The molecule has 18 heavy (non-hydrogen) atoms. The van der Waals surface area contributed by atoms with Crippen LogP contribution < -0.4 is 5.73 Å². The number of amidine groups is 1. The van der Waals surface area contributed by atoms with Gasteiger partial charge in [0.15, 0.2) is 5.84 Å². The number of nitrogens with two attached hydrogens (primary N) is 1. The molecule has 102 valence electrons. The van der Waals surface area contributed by atoms with Gasteiger partial charge in [-0.15, -0.1) is 0 Å². The predicted molar refractivity (Wildman–Crippen MR) is 68.4 cm³/mol. The topological polar surface area (TPSA) is 82.2 Å². The molecule has 0 aromatic carbocycles. The molecule has 1 unspecified atom stereocenters. The Morgan fingerprint density at radius 3 is 2.67 bits per heavy atom. The number of hydrogen-bond acceptors (Lipinski definition) is 4. The summed E-state index contributed by atoms with van der Waals surface area (Å²) in [4.78, 5) is 16.7. The molecule has 1 saturated heterocycles. The Kier molecular flexibility index (Phi) is 3.47. The van der Waals surface area contributed by atoms with Gasteiger partial charge in [-0.2, -0.15) is 0 Å². The van der Waals surface area contributed by atoms with Crippen molar-refractivity contribution >= 4 is 11.7 Å². The Balaban J connectivity index is 2.13. The zero-order chi connectivity index (χ0) is 13.3. The van der Waals surface area contributed by atoms with E-state index in [0.717, 1.165) is 26.1 Å². The van der Waals surface area contributed by atoms with Crippen molar-refractivity contribution in [1.29, 1.82) is 0 Å². The number of nitrogens with zero attached hydrogens (tertiary/aromatic N) is 3. The standard InChI is InChI=1S/C12H22N4O2/c1-9-8-15(2)6-3-7-16(9)11(17)12(4-5-12)10(13)14-18/h9,18H,3-8H2,1-2H3,(H2,13,14). The summed E-state index contributed by atoms with van der Waals surface area (Å²) < 4.78 is 0. The summed E-state index contributed by atoms with van der Waals surface area (Å²) in [5.74, 6) is 0.0953. The highest BCUT2D eigenvalue weighted by molar-refractivity contribution is 6.09. The third kappa shape index (κ3) is 2.16. The van der Waals surface area contributed by atoms with Gasteiger partial charge >= 0.3 is 0 Å². The second-order valence-electron chi connectivity index (χ2n) is 5.53. The quantitative estimate of drug-likeness (QED) is 0.316. The molecule has 1 atom stereocenters. The van der Waals surface area contributed by atoms with Crippen molar-refractivity contribution in [3.8, 4) is 0 Å². The molecule has 0 bridgehead atoms. The maximum atomic E-state index is 12.6. The molecule has 1 aliphatic heterocycles. The van der Waals surface area contributed by atoms with Crippen LogP contribution >= 0.6 is 0 Å². The van der Waals surface area contributed by atoms with Gasteiger partial charge in [0.25, 0.3) is 0 Å². The summed E-state index contributed by atoms with van der Waals surface area (Å²) in [6.45, 7) is 4.69. The first kappa shape index (κ1) is 13.1. The first-order valence-electron chi connectivity index (χ1n) is 6.49. The summed E-state index contributed by atoms with van der Waals surface area (Å²) in [6.07, 6.45) is 2.36. The van der Waals surface area contributed by atoms with Crippen molar-refractivity contribution in [2.75, 3.05) is 26.7 Å². The number of hydrogen-bond donors (Lipinski definition) is 2. The van der Waals surface area contributed by atoms with Crippen LogP contribution in [-0.4, -0.2) is 59.5 Å². The highest BCUT2D eigenvalue weighted by Crippen LogP contribution is 2.47. The first-order chi connectivity index (χ1) is 8.51. The Morgan fingerprint density at radius 2 is 2.11 bits per heavy atom. The summed E-state index contributed by atoms with van der Waals surface area (Å²) in [5.41, 5.74) is 4.96. The van der Waals surface area contributed by atoms with Crippen LogP contribution in [0.5, 0.6) is 0 Å². The molecule has 6 nitrogen and oxygen atoms in total. The van der Waals surface area contributed by atoms with Gasteiger partial charge < -0.3 is 20.7 Å². The minimum Gasteiger partial charge on any atom is -0.409 e. The summed E-state index contributed by atoms with van der Waals surface area (Å²) in [6, 6.07) is 0.175. The molecule has 2 fully saturated rings. The SMILES string of the molecule is CC1CN(C)CCCN1C(=O)C1(C(N)=NO)CC1. The van der Waals surface area contributed by atoms with Crippen LogP contribution in [-0.2, 0) is 4.79 Å². The molecule has 3 N–H and O–H groups in total. The zero-order valence-electron chi connectivity index (χ0n) is 11.1. The predicted octanol–water partition coefficient (Wildman–Crippen LogP) is 0.0656. The van der Waals surface area contributed by atoms with Gasteiger partial charge in [-0.05, 0) is 39.8 Å². The molecule has 1 heterocycles. The molecule has 1 saturated carbocycles. The fraction of sp³-hybridized carbons (Fsp3) is 0.833. The lowest BCUT2D eigenvalue weighted by Gasteiger charge is -2.31. The van der Waals surface area contributed by atoms with E-state index in [0.29, 0.717) is 12.8 Å². The molecular weight excluding hydrogens is 232 g/mol. The van der Waals surface area contributed by atoms with Crippen molar-refractivity contribution in [2.45, 2.75) is 32.2 Å². The van der Waals surface area contributed by atoms with Gasteiger partial charge in [-0.1, -0.05) is 5.16 Å². The first-order valence-corrected chi connectivity index (χ1v) is 6.49. The maximum Gasteiger partial charge on any atom is 0.236 e. The second kappa shape index (κ2) is 4.76. The molecule has 0 radical (unpaired) electrons. The van der Waals surface area contributed by atoms with Crippen LogP contribution in [0.25, 0.3) is 0 Å². The van der Waals surface area contributed by atoms with Crippen molar-refractivity contribution in [3.63, 3.8) is 0 Å². The van der Waals surface area contributed by atoms with E-state index in [-0.39, 0.29) is 17.8 Å². The van der Waals surface area contributed by atoms with Crippen LogP contribution in [0, 0.1) is 5.41 Å². The summed E-state index contributed by atoms with van der Waals surface area (Å²) in [5, 5.41) is 11.8. The third-order valence-corrected chi connectivity index (χ3v) is 4.07. The van der Waals surface area contributed by atoms with E-state index in [1.54, 1.807) is 0 Å². The highest BCUT2D eigenvalue weighted by atomic mass is 16.4. The number of carbonyl (C=O) groups excluding carboxylic acids is 1. The number of oxime groups is 1. The number of carbonyl (C=O) groups is 1. The van der Waals surface area contributed by atoms with E-state index in [9.17, 15) is 4.79 Å². The van der Waals surface area contributed by atoms with E-state index < -0.39 is 5.41 Å². The zero-order valence-corrected chi connectivity index (χ0v) is 11.1. The Hall–Kier alpha value is -1.30. The fourth-order valence-electron chi connectivity index (χ4n) is 2.75. The Morgan fingerprint density at radius 1 is 1.44 bits per heavy atom. The average Bonchev–Trinajstić information content (AvgIpc) is 3.14.